The molecule has 0 aliphatic carbocycles. The molecular weight excluding hydrogens is 318 g/mol. The Hall–Kier alpha value is -3.08. The highest BCUT2D eigenvalue weighted by atomic mass is 16.5. The van der Waals surface area contributed by atoms with E-state index in [1.807, 2.05) is 30.3 Å². The van der Waals surface area contributed by atoms with Crippen LogP contribution in [0, 0.1) is 0 Å². The molecule has 0 aliphatic heterocycles. The molecule has 128 valence electrons. The lowest BCUT2D eigenvalue weighted by Crippen LogP contribution is -2.22. The van der Waals surface area contributed by atoms with Gasteiger partial charge in [-0.05, 0) is 30.2 Å². The van der Waals surface area contributed by atoms with Gasteiger partial charge in [-0.25, -0.2) is 4.79 Å². The van der Waals surface area contributed by atoms with Crippen molar-refractivity contribution in [3.05, 3.63) is 70.6 Å². The molecule has 3 rings (SSSR count). The van der Waals surface area contributed by atoms with Gasteiger partial charge in [0.05, 0.1) is 18.3 Å². The van der Waals surface area contributed by atoms with Crippen molar-refractivity contribution in [3.8, 4) is 16.9 Å². The summed E-state index contributed by atoms with van der Waals surface area (Å²) < 4.78 is 7.00. The molecule has 1 N–H and O–H groups in total. The molecule has 0 saturated carbocycles. The number of nitrogens with zero attached hydrogens (tertiary/aromatic N) is 1. The number of pyridine rings is 2. The molecule has 5 heteroatoms. The monoisotopic (exact) mass is 337 g/mol. The van der Waals surface area contributed by atoms with Crippen LogP contribution < -0.4 is 10.3 Å². The molecule has 0 spiro atoms. The molecule has 0 fully saturated rings. The first kappa shape index (κ1) is 16.8. The molecule has 0 atom stereocenters. The number of ether oxygens (including phenoxy) is 1. The van der Waals surface area contributed by atoms with Crippen LogP contribution >= 0.6 is 0 Å². The predicted molar refractivity (Wildman–Crippen MR) is 96.5 cm³/mol. The fourth-order valence-electron chi connectivity index (χ4n) is 2.70. The molecule has 5 nitrogen and oxygen atoms in total. The number of carboxylic acids is 1. The normalized spacial score (nSPS) is 10.8. The minimum Gasteiger partial charge on any atom is -0.492 e. The SMILES string of the molecule is CCCCOc1ccc2c(-c3ccccc3)cc(C(=O)O)c(=O)n2c1. The predicted octanol–water partition coefficient (Wildman–Crippen LogP) is 3.84. The van der Waals surface area contributed by atoms with Crippen LogP contribution in [0.5, 0.6) is 5.75 Å². The summed E-state index contributed by atoms with van der Waals surface area (Å²) in [7, 11) is 0. The summed E-state index contributed by atoms with van der Waals surface area (Å²) in [5.74, 6) is -0.696. The number of carbonyl (C=O) groups is 1. The van der Waals surface area contributed by atoms with Crippen LogP contribution in [0.2, 0.25) is 0 Å². The lowest BCUT2D eigenvalue weighted by Gasteiger charge is -2.12. The summed E-state index contributed by atoms with van der Waals surface area (Å²) in [5.41, 5.74) is 1.36. The van der Waals surface area contributed by atoms with Gasteiger partial charge in [-0.1, -0.05) is 43.7 Å². The lowest BCUT2D eigenvalue weighted by molar-refractivity contribution is 0.0695. The van der Waals surface area contributed by atoms with Gasteiger partial charge < -0.3 is 9.84 Å². The fourth-order valence-corrected chi connectivity index (χ4v) is 2.70. The van der Waals surface area contributed by atoms with Crippen molar-refractivity contribution < 1.29 is 14.6 Å². The van der Waals surface area contributed by atoms with E-state index in [9.17, 15) is 14.7 Å². The molecule has 2 heterocycles. The molecule has 0 bridgehead atoms. The molecule has 0 amide bonds. The number of unbranched alkanes of at least 4 members (excludes halogenated alkanes) is 1. The standard InChI is InChI=1S/C20H19NO4/c1-2-3-11-25-15-9-10-18-16(14-7-5-4-6-8-14)12-17(20(23)24)19(22)21(18)13-15/h4-10,12-13H,2-3,11H2,1H3,(H,23,24). The van der Waals surface area contributed by atoms with Crippen molar-refractivity contribution in [3.63, 3.8) is 0 Å². The first-order valence-electron chi connectivity index (χ1n) is 8.22. The molecule has 3 aromatic rings. The van der Waals surface area contributed by atoms with E-state index in [-0.39, 0.29) is 5.56 Å². The zero-order valence-corrected chi connectivity index (χ0v) is 13.9. The van der Waals surface area contributed by atoms with Crippen molar-refractivity contribution >= 4 is 11.5 Å². The van der Waals surface area contributed by atoms with Gasteiger partial charge in [-0.15, -0.1) is 0 Å². The van der Waals surface area contributed by atoms with Gasteiger partial charge in [0.1, 0.15) is 11.3 Å². The molecule has 0 saturated heterocycles. The van der Waals surface area contributed by atoms with Crippen molar-refractivity contribution in [2.45, 2.75) is 19.8 Å². The maximum atomic E-state index is 12.6. The highest BCUT2D eigenvalue weighted by Crippen LogP contribution is 2.26. The van der Waals surface area contributed by atoms with Gasteiger partial charge >= 0.3 is 5.97 Å². The summed E-state index contributed by atoms with van der Waals surface area (Å²) in [4.78, 5) is 24.1. The Morgan fingerprint density at radius 3 is 2.60 bits per heavy atom. The molecule has 2 aromatic heterocycles. The van der Waals surface area contributed by atoms with E-state index in [0.717, 1.165) is 18.4 Å². The summed E-state index contributed by atoms with van der Waals surface area (Å²) >= 11 is 0. The fraction of sp³-hybridized carbons (Fsp3) is 0.200. The molecule has 0 radical (unpaired) electrons. The Labute approximate surface area is 145 Å². The molecule has 0 aliphatic rings. The summed E-state index contributed by atoms with van der Waals surface area (Å²) in [6, 6.07) is 14.4. The van der Waals surface area contributed by atoms with Crippen LogP contribution in [-0.2, 0) is 0 Å². The number of benzene rings is 1. The van der Waals surface area contributed by atoms with Crippen LogP contribution in [-0.4, -0.2) is 22.1 Å². The molecule has 25 heavy (non-hydrogen) atoms. The van der Waals surface area contributed by atoms with Crippen LogP contribution in [0.3, 0.4) is 0 Å². The number of hydrogen-bond acceptors (Lipinski definition) is 3. The third-order valence-electron chi connectivity index (χ3n) is 4.02. The molecular formula is C20H19NO4. The Morgan fingerprint density at radius 2 is 1.92 bits per heavy atom. The summed E-state index contributed by atoms with van der Waals surface area (Å²) in [5, 5.41) is 9.39. The maximum absolute atomic E-state index is 12.6. The molecule has 0 unspecified atom stereocenters. The third kappa shape index (κ3) is 3.40. The second kappa shape index (κ2) is 7.21. The number of aromatic carboxylic acids is 1. The van der Waals surface area contributed by atoms with Crippen molar-refractivity contribution in [2.24, 2.45) is 0 Å². The number of carboxylic acid groups (broad SMARTS) is 1. The van der Waals surface area contributed by atoms with E-state index >= 15 is 0 Å². The topological polar surface area (TPSA) is 68.0 Å². The Bertz CT molecular complexity index is 961. The molecule has 1 aromatic carbocycles. The van der Waals surface area contributed by atoms with Crippen molar-refractivity contribution in [1.82, 2.24) is 4.40 Å². The number of rotatable bonds is 6. The Morgan fingerprint density at radius 1 is 1.16 bits per heavy atom. The van der Waals surface area contributed by atoms with Gasteiger partial charge in [0.15, 0.2) is 0 Å². The highest BCUT2D eigenvalue weighted by Gasteiger charge is 2.16. The average Bonchev–Trinajstić information content (AvgIpc) is 2.63. The number of fused-ring (bicyclic) bond motifs is 1. The van der Waals surface area contributed by atoms with E-state index in [1.54, 1.807) is 18.3 Å². The lowest BCUT2D eigenvalue weighted by atomic mass is 10.0. The van der Waals surface area contributed by atoms with Gasteiger partial charge in [0.25, 0.3) is 5.56 Å². The largest absolute Gasteiger partial charge is 0.492 e. The average molecular weight is 337 g/mol. The quantitative estimate of drug-likeness (QED) is 0.694. The van der Waals surface area contributed by atoms with E-state index in [2.05, 4.69) is 6.92 Å². The van der Waals surface area contributed by atoms with Gasteiger partial charge in [0.2, 0.25) is 0 Å². The maximum Gasteiger partial charge on any atom is 0.341 e. The van der Waals surface area contributed by atoms with Gasteiger partial charge in [-0.2, -0.15) is 0 Å². The second-order valence-corrected chi connectivity index (χ2v) is 5.77. The van der Waals surface area contributed by atoms with E-state index in [4.69, 9.17) is 4.74 Å². The summed E-state index contributed by atoms with van der Waals surface area (Å²) in [6.07, 6.45) is 3.48. The van der Waals surface area contributed by atoms with Crippen LogP contribution in [0.25, 0.3) is 16.6 Å². The van der Waals surface area contributed by atoms with E-state index < -0.39 is 11.5 Å². The second-order valence-electron chi connectivity index (χ2n) is 5.77. The van der Waals surface area contributed by atoms with Crippen LogP contribution in [0.4, 0.5) is 0 Å². The van der Waals surface area contributed by atoms with E-state index in [0.29, 0.717) is 23.4 Å². The highest BCUT2D eigenvalue weighted by molar-refractivity contribution is 5.92. The minimum absolute atomic E-state index is 0.262. The Balaban J connectivity index is 2.21. The number of hydrogen-bond donors (Lipinski definition) is 1. The zero-order valence-electron chi connectivity index (χ0n) is 13.9. The third-order valence-corrected chi connectivity index (χ3v) is 4.02. The van der Waals surface area contributed by atoms with Gasteiger partial charge in [-0.3, -0.25) is 9.20 Å². The smallest absolute Gasteiger partial charge is 0.341 e. The van der Waals surface area contributed by atoms with Crippen LogP contribution in [0.1, 0.15) is 30.1 Å². The van der Waals surface area contributed by atoms with Crippen molar-refractivity contribution in [1.29, 1.82) is 0 Å². The summed E-state index contributed by atoms with van der Waals surface area (Å²) in [6.45, 7) is 2.63. The van der Waals surface area contributed by atoms with E-state index in [1.165, 1.54) is 10.5 Å². The van der Waals surface area contributed by atoms with Gasteiger partial charge in [0, 0.05) is 5.56 Å². The Kier molecular flexibility index (Phi) is 4.84. The van der Waals surface area contributed by atoms with Crippen LogP contribution in [0.15, 0.2) is 59.5 Å². The van der Waals surface area contributed by atoms with Crippen molar-refractivity contribution in [2.75, 3.05) is 6.61 Å². The first-order valence-corrected chi connectivity index (χ1v) is 8.22. The zero-order chi connectivity index (χ0) is 17.8. The first-order chi connectivity index (χ1) is 12.1. The number of aromatic nitrogens is 1. The minimum atomic E-state index is -1.24.